The average molecular weight is 303 g/mol. The smallest absolute Gasteiger partial charge is 0.265 e. The van der Waals surface area contributed by atoms with Crippen LogP contribution in [0.4, 0.5) is 11.4 Å². The van der Waals surface area contributed by atoms with Gasteiger partial charge in [-0.05, 0) is 31.5 Å². The molecular formula is C15H17N3O4. The van der Waals surface area contributed by atoms with E-state index in [0.29, 0.717) is 30.1 Å². The molecule has 0 radical (unpaired) electrons. The van der Waals surface area contributed by atoms with Gasteiger partial charge in [0.25, 0.3) is 5.91 Å². The summed E-state index contributed by atoms with van der Waals surface area (Å²) in [6.45, 7) is 2.34. The van der Waals surface area contributed by atoms with E-state index in [4.69, 9.17) is 4.74 Å². The van der Waals surface area contributed by atoms with E-state index in [1.165, 1.54) is 0 Å². The minimum atomic E-state index is -0.533. The molecule has 0 aromatic heterocycles. The van der Waals surface area contributed by atoms with Gasteiger partial charge < -0.3 is 20.3 Å². The summed E-state index contributed by atoms with van der Waals surface area (Å²) in [7, 11) is 0. The van der Waals surface area contributed by atoms with Crippen molar-refractivity contribution in [3.05, 3.63) is 18.2 Å². The van der Waals surface area contributed by atoms with Crippen molar-refractivity contribution in [1.82, 2.24) is 4.90 Å². The lowest BCUT2D eigenvalue weighted by Gasteiger charge is -2.23. The second kappa shape index (κ2) is 5.67. The predicted molar refractivity (Wildman–Crippen MR) is 79.6 cm³/mol. The summed E-state index contributed by atoms with van der Waals surface area (Å²) in [4.78, 5) is 36.6. The van der Waals surface area contributed by atoms with Gasteiger partial charge >= 0.3 is 0 Å². The van der Waals surface area contributed by atoms with Crippen LogP contribution in [0.5, 0.6) is 5.75 Å². The van der Waals surface area contributed by atoms with Crippen molar-refractivity contribution < 1.29 is 19.1 Å². The lowest BCUT2D eigenvalue weighted by atomic mass is 10.2. The molecule has 0 saturated carbocycles. The van der Waals surface area contributed by atoms with Gasteiger partial charge in [0.1, 0.15) is 5.75 Å². The number of amides is 3. The second-order valence-electron chi connectivity index (χ2n) is 5.43. The Bertz CT molecular complexity index is 644. The number of rotatable bonds is 3. The van der Waals surface area contributed by atoms with E-state index in [0.717, 1.165) is 6.42 Å². The molecule has 7 nitrogen and oxygen atoms in total. The van der Waals surface area contributed by atoms with Gasteiger partial charge in [0, 0.05) is 18.7 Å². The zero-order valence-corrected chi connectivity index (χ0v) is 12.2. The van der Waals surface area contributed by atoms with E-state index in [1.54, 1.807) is 30.0 Å². The third kappa shape index (κ3) is 2.88. The maximum atomic E-state index is 12.0. The third-order valence-corrected chi connectivity index (χ3v) is 3.70. The number of nitrogens with one attached hydrogen (secondary N) is 2. The van der Waals surface area contributed by atoms with Gasteiger partial charge in [-0.3, -0.25) is 14.4 Å². The van der Waals surface area contributed by atoms with E-state index in [2.05, 4.69) is 10.6 Å². The van der Waals surface area contributed by atoms with Gasteiger partial charge in [-0.25, -0.2) is 0 Å². The molecule has 3 amide bonds. The van der Waals surface area contributed by atoms with Crippen LogP contribution in [-0.4, -0.2) is 41.8 Å². The van der Waals surface area contributed by atoms with Crippen LogP contribution in [0.1, 0.15) is 19.8 Å². The Morgan fingerprint density at radius 3 is 3.00 bits per heavy atom. The van der Waals surface area contributed by atoms with Gasteiger partial charge in [0.2, 0.25) is 11.8 Å². The largest absolute Gasteiger partial charge is 0.479 e. The zero-order chi connectivity index (χ0) is 15.7. The zero-order valence-electron chi connectivity index (χ0n) is 12.2. The van der Waals surface area contributed by atoms with E-state index >= 15 is 0 Å². The monoisotopic (exact) mass is 303 g/mol. The highest BCUT2D eigenvalue weighted by Crippen LogP contribution is 2.32. The fraction of sp³-hybridized carbons (Fsp3) is 0.400. The normalized spacial score (nSPS) is 20.2. The third-order valence-electron chi connectivity index (χ3n) is 3.70. The maximum Gasteiger partial charge on any atom is 0.265 e. The first-order valence-electron chi connectivity index (χ1n) is 7.22. The van der Waals surface area contributed by atoms with Crippen LogP contribution >= 0.6 is 0 Å². The van der Waals surface area contributed by atoms with E-state index in [-0.39, 0.29) is 24.3 Å². The number of carbonyl (C=O) groups is 3. The maximum absolute atomic E-state index is 12.0. The molecule has 1 aromatic rings. The highest BCUT2D eigenvalue weighted by Gasteiger charge is 2.25. The molecule has 0 spiro atoms. The van der Waals surface area contributed by atoms with Crippen LogP contribution in [0.3, 0.4) is 0 Å². The molecule has 0 bridgehead atoms. The molecule has 22 heavy (non-hydrogen) atoms. The predicted octanol–water partition coefficient (Wildman–Crippen LogP) is 0.967. The molecule has 2 aliphatic heterocycles. The van der Waals surface area contributed by atoms with Crippen LogP contribution in [0, 0.1) is 0 Å². The first-order valence-corrected chi connectivity index (χ1v) is 7.22. The first-order chi connectivity index (χ1) is 10.5. The first kappa shape index (κ1) is 14.4. The molecule has 1 atom stereocenters. The number of nitrogens with zero attached hydrogens (tertiary/aromatic N) is 1. The minimum absolute atomic E-state index is 0.00948. The standard InChI is InChI=1S/C15H17N3O4/c1-9-15(21)17-11-7-10(4-5-12(11)22-9)16-13(19)8-18-6-2-3-14(18)20/h4-5,7,9H,2-3,6,8H2,1H3,(H,16,19)(H,17,21)/t9-/m0/s1. The van der Waals surface area contributed by atoms with Crippen LogP contribution in [0.15, 0.2) is 18.2 Å². The summed E-state index contributed by atoms with van der Waals surface area (Å²) in [6.07, 6.45) is 0.773. The molecule has 116 valence electrons. The van der Waals surface area contributed by atoms with Crippen LogP contribution < -0.4 is 15.4 Å². The van der Waals surface area contributed by atoms with Crippen LogP contribution in [0.25, 0.3) is 0 Å². The molecule has 0 aliphatic carbocycles. The topological polar surface area (TPSA) is 87.7 Å². The minimum Gasteiger partial charge on any atom is -0.479 e. The molecule has 2 heterocycles. The van der Waals surface area contributed by atoms with E-state index < -0.39 is 6.10 Å². The van der Waals surface area contributed by atoms with Gasteiger partial charge in [0.05, 0.1) is 12.2 Å². The fourth-order valence-corrected chi connectivity index (χ4v) is 2.53. The van der Waals surface area contributed by atoms with Gasteiger partial charge in [-0.15, -0.1) is 0 Å². The summed E-state index contributed by atoms with van der Waals surface area (Å²) < 4.78 is 5.45. The quantitative estimate of drug-likeness (QED) is 0.871. The highest BCUT2D eigenvalue weighted by molar-refractivity contribution is 5.99. The van der Waals surface area contributed by atoms with Crippen molar-refractivity contribution in [2.75, 3.05) is 23.7 Å². The summed E-state index contributed by atoms with van der Waals surface area (Å²) in [5.41, 5.74) is 1.08. The molecule has 3 rings (SSSR count). The van der Waals surface area contributed by atoms with E-state index in [9.17, 15) is 14.4 Å². The number of likely N-dealkylation sites (tertiary alicyclic amines) is 1. The van der Waals surface area contributed by atoms with Crippen molar-refractivity contribution in [2.45, 2.75) is 25.9 Å². The Morgan fingerprint density at radius 1 is 1.45 bits per heavy atom. The molecule has 2 N–H and O–H groups in total. The summed E-state index contributed by atoms with van der Waals surface area (Å²) in [6, 6.07) is 5.04. The van der Waals surface area contributed by atoms with E-state index in [1.807, 2.05) is 0 Å². The van der Waals surface area contributed by atoms with Gasteiger partial charge in [-0.2, -0.15) is 0 Å². The number of carbonyl (C=O) groups excluding carboxylic acids is 3. The highest BCUT2D eigenvalue weighted by atomic mass is 16.5. The number of benzene rings is 1. The van der Waals surface area contributed by atoms with Gasteiger partial charge in [-0.1, -0.05) is 0 Å². The second-order valence-corrected chi connectivity index (χ2v) is 5.43. The number of anilines is 2. The Hall–Kier alpha value is -2.57. The number of hydrogen-bond donors (Lipinski definition) is 2. The average Bonchev–Trinajstić information content (AvgIpc) is 2.86. The van der Waals surface area contributed by atoms with Crippen molar-refractivity contribution in [3.63, 3.8) is 0 Å². The van der Waals surface area contributed by atoms with Crippen molar-refractivity contribution in [2.24, 2.45) is 0 Å². The SMILES string of the molecule is C[C@@H]1Oc2ccc(NC(=O)CN3CCCC3=O)cc2NC1=O. The Kier molecular flexibility index (Phi) is 3.70. The fourth-order valence-electron chi connectivity index (χ4n) is 2.53. The van der Waals surface area contributed by atoms with Crippen LogP contribution in [-0.2, 0) is 14.4 Å². The lowest BCUT2D eigenvalue weighted by Crippen LogP contribution is -2.35. The molecular weight excluding hydrogens is 286 g/mol. The Balaban J connectivity index is 1.66. The molecule has 1 fully saturated rings. The summed E-state index contributed by atoms with van der Waals surface area (Å²) >= 11 is 0. The summed E-state index contributed by atoms with van der Waals surface area (Å²) in [5.74, 6) is 0.0975. The molecule has 1 saturated heterocycles. The van der Waals surface area contributed by atoms with Crippen LogP contribution in [0.2, 0.25) is 0 Å². The number of hydrogen-bond acceptors (Lipinski definition) is 4. The van der Waals surface area contributed by atoms with Gasteiger partial charge in [0.15, 0.2) is 6.10 Å². The van der Waals surface area contributed by atoms with Crippen molar-refractivity contribution >= 4 is 29.1 Å². The number of fused-ring (bicyclic) bond motifs is 1. The lowest BCUT2D eigenvalue weighted by molar-refractivity contribution is -0.131. The molecule has 1 aromatic carbocycles. The van der Waals surface area contributed by atoms with Crippen molar-refractivity contribution in [3.8, 4) is 5.75 Å². The Labute approximate surface area is 127 Å². The van der Waals surface area contributed by atoms with Crippen molar-refractivity contribution in [1.29, 1.82) is 0 Å². The Morgan fingerprint density at radius 2 is 2.27 bits per heavy atom. The molecule has 0 unspecified atom stereocenters. The summed E-state index contributed by atoms with van der Waals surface area (Å²) in [5, 5.41) is 5.45. The molecule has 7 heteroatoms. The molecule has 2 aliphatic rings. The number of ether oxygens (including phenoxy) is 1.